The van der Waals surface area contributed by atoms with E-state index >= 15 is 0 Å². The molecule has 0 bridgehead atoms. The molecule has 2 N–H and O–H groups in total. The minimum absolute atomic E-state index is 0.157. The number of aliphatic hydroxyl groups is 1. The summed E-state index contributed by atoms with van der Waals surface area (Å²) in [6.07, 6.45) is 4.65. The van der Waals surface area contributed by atoms with E-state index in [2.05, 4.69) is 10.3 Å². The third-order valence-corrected chi connectivity index (χ3v) is 3.67. The molecule has 1 aromatic heterocycles. The molecule has 86 valence electrons. The number of hydrogen-bond donors (Lipinski definition) is 2. The number of nitrogens with zero attached hydrogens (tertiary/aromatic N) is 2. The van der Waals surface area contributed by atoms with E-state index < -0.39 is 0 Å². The van der Waals surface area contributed by atoms with Gasteiger partial charge in [0.25, 0.3) is 0 Å². The summed E-state index contributed by atoms with van der Waals surface area (Å²) in [6, 6.07) is 0. The van der Waals surface area contributed by atoms with Gasteiger partial charge in [0.05, 0.1) is 6.61 Å². The van der Waals surface area contributed by atoms with Crippen molar-refractivity contribution in [2.45, 2.75) is 24.0 Å². The van der Waals surface area contributed by atoms with Gasteiger partial charge in [0.1, 0.15) is 0 Å². The van der Waals surface area contributed by atoms with Crippen molar-refractivity contribution in [3.8, 4) is 0 Å². The number of aromatic nitrogens is 2. The predicted molar refractivity (Wildman–Crippen MR) is 63.1 cm³/mol. The Kier molecular flexibility index (Phi) is 4.63. The Bertz CT molecular complexity index is 297. The maximum Gasteiger partial charge on any atom is 0.167 e. The van der Waals surface area contributed by atoms with Crippen LogP contribution in [0.5, 0.6) is 0 Å². The first-order valence-electron chi connectivity index (χ1n) is 5.01. The third kappa shape index (κ3) is 3.52. The highest BCUT2D eigenvalue weighted by atomic mass is 32.2. The third-order valence-electron chi connectivity index (χ3n) is 2.61. The number of nitrogens with one attached hydrogen (secondary N) is 1. The lowest BCUT2D eigenvalue weighted by Crippen LogP contribution is -2.43. The summed E-state index contributed by atoms with van der Waals surface area (Å²) in [5, 5.41) is 13.4. The molecule has 4 nitrogen and oxygen atoms in total. The van der Waals surface area contributed by atoms with Crippen molar-refractivity contribution in [1.29, 1.82) is 0 Å². The molecule has 0 aliphatic heterocycles. The Morgan fingerprint density at radius 3 is 2.87 bits per heavy atom. The van der Waals surface area contributed by atoms with E-state index in [1.165, 1.54) is 0 Å². The lowest BCUT2D eigenvalue weighted by atomic mass is 10.0. The molecule has 0 radical (unpaired) electrons. The minimum atomic E-state index is -0.182. The van der Waals surface area contributed by atoms with Gasteiger partial charge in [-0.3, -0.25) is 0 Å². The first kappa shape index (κ1) is 12.5. The van der Waals surface area contributed by atoms with Crippen LogP contribution in [0.3, 0.4) is 0 Å². The summed E-state index contributed by atoms with van der Waals surface area (Å²) in [7, 11) is 3.86. The number of rotatable bonds is 6. The largest absolute Gasteiger partial charge is 0.394 e. The molecule has 1 atom stereocenters. The highest BCUT2D eigenvalue weighted by Gasteiger charge is 2.20. The zero-order valence-electron chi connectivity index (χ0n) is 9.53. The second kappa shape index (κ2) is 5.53. The fraction of sp³-hybridized carbons (Fsp3) is 0.700. The van der Waals surface area contributed by atoms with Gasteiger partial charge in [0.2, 0.25) is 0 Å². The van der Waals surface area contributed by atoms with Gasteiger partial charge >= 0.3 is 0 Å². The fourth-order valence-electron chi connectivity index (χ4n) is 1.14. The first-order chi connectivity index (χ1) is 7.11. The molecule has 0 amide bonds. The highest BCUT2D eigenvalue weighted by Crippen LogP contribution is 2.19. The van der Waals surface area contributed by atoms with Crippen LogP contribution in [-0.2, 0) is 7.05 Å². The molecular formula is C10H19N3OS. The molecule has 0 aliphatic rings. The second-order valence-electron chi connectivity index (χ2n) is 3.89. The van der Waals surface area contributed by atoms with Gasteiger partial charge in [0.15, 0.2) is 5.16 Å². The van der Waals surface area contributed by atoms with Crippen molar-refractivity contribution < 1.29 is 5.11 Å². The van der Waals surface area contributed by atoms with Crippen molar-refractivity contribution in [2.75, 3.05) is 19.4 Å². The normalized spacial score (nSPS) is 15.2. The number of aryl methyl sites for hydroxylation is 1. The highest BCUT2D eigenvalue weighted by molar-refractivity contribution is 7.99. The first-order valence-corrected chi connectivity index (χ1v) is 6.00. The van der Waals surface area contributed by atoms with Crippen molar-refractivity contribution in [2.24, 2.45) is 7.05 Å². The molecule has 0 aromatic carbocycles. The average Bonchev–Trinajstić information content (AvgIpc) is 2.64. The molecule has 0 aliphatic carbocycles. The van der Waals surface area contributed by atoms with Gasteiger partial charge in [-0.1, -0.05) is 11.8 Å². The molecule has 0 saturated heterocycles. The maximum atomic E-state index is 9.20. The summed E-state index contributed by atoms with van der Waals surface area (Å²) >= 11 is 1.71. The number of likely N-dealkylation sites (N-methyl/N-ethyl adjacent to an activating group) is 1. The summed E-state index contributed by atoms with van der Waals surface area (Å²) in [6.45, 7) is 2.18. The zero-order valence-corrected chi connectivity index (χ0v) is 10.3. The van der Waals surface area contributed by atoms with Gasteiger partial charge < -0.3 is 15.0 Å². The number of thioether (sulfide) groups is 1. The van der Waals surface area contributed by atoms with Gasteiger partial charge in [-0.2, -0.15) is 0 Å². The van der Waals surface area contributed by atoms with Crippen molar-refractivity contribution in [3.63, 3.8) is 0 Å². The molecule has 1 heterocycles. The second-order valence-corrected chi connectivity index (χ2v) is 4.95. The lowest BCUT2D eigenvalue weighted by molar-refractivity contribution is 0.179. The van der Waals surface area contributed by atoms with Crippen molar-refractivity contribution in [1.82, 2.24) is 14.9 Å². The predicted octanol–water partition coefficient (Wildman–Crippen LogP) is 0.873. The molecule has 1 unspecified atom stereocenters. The summed E-state index contributed by atoms with van der Waals surface area (Å²) < 4.78 is 2.00. The number of imidazole rings is 1. The van der Waals surface area contributed by atoms with Crippen LogP contribution >= 0.6 is 11.8 Å². The molecule has 1 rings (SSSR count). The van der Waals surface area contributed by atoms with E-state index in [0.717, 1.165) is 17.3 Å². The van der Waals surface area contributed by atoms with Gasteiger partial charge in [-0.25, -0.2) is 4.98 Å². The Labute approximate surface area is 95.1 Å². The van der Waals surface area contributed by atoms with Gasteiger partial charge in [-0.05, 0) is 20.4 Å². The standard InChI is InChI=1S/C10H19N3OS/c1-10(8-14,11-2)4-7-15-9-12-5-6-13(9)3/h5-6,11,14H,4,7-8H2,1-3H3. The lowest BCUT2D eigenvalue weighted by Gasteiger charge is -2.26. The number of hydrogen-bond acceptors (Lipinski definition) is 4. The average molecular weight is 229 g/mol. The Morgan fingerprint density at radius 2 is 2.40 bits per heavy atom. The summed E-state index contributed by atoms with van der Waals surface area (Å²) in [4.78, 5) is 4.23. The Balaban J connectivity index is 2.36. The quantitative estimate of drug-likeness (QED) is 0.711. The van der Waals surface area contributed by atoms with Crippen LogP contribution in [0, 0.1) is 0 Å². The number of aliphatic hydroxyl groups excluding tert-OH is 1. The van der Waals surface area contributed by atoms with Crippen LogP contribution < -0.4 is 5.32 Å². The van der Waals surface area contributed by atoms with Crippen LogP contribution in [0.4, 0.5) is 0 Å². The monoisotopic (exact) mass is 229 g/mol. The summed E-state index contributed by atoms with van der Waals surface area (Å²) in [5.41, 5.74) is -0.182. The van der Waals surface area contributed by atoms with Crippen LogP contribution in [-0.4, -0.2) is 39.6 Å². The molecule has 15 heavy (non-hydrogen) atoms. The van der Waals surface area contributed by atoms with Crippen LogP contribution in [0.15, 0.2) is 17.6 Å². The molecule has 0 fully saturated rings. The fourth-order valence-corrected chi connectivity index (χ4v) is 2.28. The van der Waals surface area contributed by atoms with Crippen LogP contribution in [0.1, 0.15) is 13.3 Å². The van der Waals surface area contributed by atoms with E-state index in [4.69, 9.17) is 0 Å². The minimum Gasteiger partial charge on any atom is -0.394 e. The Hall–Kier alpha value is -0.520. The van der Waals surface area contributed by atoms with Crippen LogP contribution in [0.2, 0.25) is 0 Å². The zero-order chi connectivity index (χ0) is 11.3. The summed E-state index contributed by atoms with van der Waals surface area (Å²) in [5.74, 6) is 0.947. The van der Waals surface area contributed by atoms with E-state index in [1.807, 2.05) is 31.8 Å². The molecule has 0 saturated carbocycles. The maximum absolute atomic E-state index is 9.20. The van der Waals surface area contributed by atoms with Gasteiger partial charge in [-0.15, -0.1) is 0 Å². The SMILES string of the molecule is CNC(C)(CO)CCSc1nccn1C. The van der Waals surface area contributed by atoms with E-state index in [0.29, 0.717) is 0 Å². The molecular weight excluding hydrogens is 210 g/mol. The van der Waals surface area contributed by atoms with E-state index in [9.17, 15) is 5.11 Å². The van der Waals surface area contributed by atoms with Crippen LogP contribution in [0.25, 0.3) is 0 Å². The van der Waals surface area contributed by atoms with Gasteiger partial charge in [0, 0.05) is 30.7 Å². The molecule has 0 spiro atoms. The molecule has 5 heteroatoms. The Morgan fingerprint density at radius 1 is 1.67 bits per heavy atom. The smallest absolute Gasteiger partial charge is 0.167 e. The van der Waals surface area contributed by atoms with Crippen molar-refractivity contribution in [3.05, 3.63) is 12.4 Å². The van der Waals surface area contributed by atoms with E-state index in [-0.39, 0.29) is 12.1 Å². The molecule has 1 aromatic rings. The van der Waals surface area contributed by atoms with E-state index in [1.54, 1.807) is 18.0 Å². The topological polar surface area (TPSA) is 50.1 Å². The van der Waals surface area contributed by atoms with Crippen molar-refractivity contribution >= 4 is 11.8 Å².